The molecule has 0 amide bonds. The zero-order chi connectivity index (χ0) is 13.9. The Balaban J connectivity index is 1.80. The van der Waals surface area contributed by atoms with E-state index in [9.17, 15) is 0 Å². The number of nitrogens with zero attached hydrogens (tertiary/aromatic N) is 2. The number of likely N-dealkylation sites (tertiary alicyclic amines) is 1. The maximum absolute atomic E-state index is 9.03. The van der Waals surface area contributed by atoms with Crippen LogP contribution in [-0.2, 0) is 6.54 Å². The first-order valence-corrected chi connectivity index (χ1v) is 7.23. The van der Waals surface area contributed by atoms with Gasteiger partial charge >= 0.3 is 0 Å². The number of fused-ring (bicyclic) bond motifs is 1. The average Bonchev–Trinajstić information content (AvgIpc) is 2.90. The van der Waals surface area contributed by atoms with Gasteiger partial charge in [-0.05, 0) is 49.1 Å². The van der Waals surface area contributed by atoms with E-state index in [1.165, 1.54) is 12.0 Å². The molecule has 4 nitrogen and oxygen atoms in total. The van der Waals surface area contributed by atoms with E-state index in [-0.39, 0.29) is 0 Å². The van der Waals surface area contributed by atoms with Crippen molar-refractivity contribution in [1.82, 2.24) is 9.88 Å². The van der Waals surface area contributed by atoms with Crippen molar-refractivity contribution in [3.63, 3.8) is 0 Å². The van der Waals surface area contributed by atoms with Gasteiger partial charge in [0.2, 0.25) is 0 Å². The number of nitrogen functional groups attached to an aromatic ring is 1. The fraction of sp³-hybridized carbons (Fsp3) is 0.438. The average molecular weight is 271 g/mol. The summed E-state index contributed by atoms with van der Waals surface area (Å²) in [5.41, 5.74) is 9.05. The van der Waals surface area contributed by atoms with Crippen molar-refractivity contribution < 1.29 is 5.11 Å². The van der Waals surface area contributed by atoms with Gasteiger partial charge in [-0.15, -0.1) is 0 Å². The molecule has 20 heavy (non-hydrogen) atoms. The molecule has 0 bridgehead atoms. The number of benzene rings is 1. The van der Waals surface area contributed by atoms with Gasteiger partial charge in [0.1, 0.15) is 0 Å². The molecule has 1 aromatic carbocycles. The molecule has 0 spiro atoms. The van der Waals surface area contributed by atoms with Crippen molar-refractivity contribution >= 4 is 16.6 Å². The van der Waals surface area contributed by atoms with Gasteiger partial charge in [0.25, 0.3) is 0 Å². The van der Waals surface area contributed by atoms with Gasteiger partial charge in [-0.1, -0.05) is 6.07 Å². The summed E-state index contributed by atoms with van der Waals surface area (Å²) in [5, 5.41) is 10.1. The van der Waals surface area contributed by atoms with Crippen LogP contribution in [0.25, 0.3) is 10.9 Å². The van der Waals surface area contributed by atoms with E-state index >= 15 is 0 Å². The number of aromatic nitrogens is 1. The summed E-state index contributed by atoms with van der Waals surface area (Å²) < 4.78 is 0. The zero-order valence-electron chi connectivity index (χ0n) is 11.6. The van der Waals surface area contributed by atoms with Crippen LogP contribution in [0.2, 0.25) is 0 Å². The molecule has 106 valence electrons. The first kappa shape index (κ1) is 13.3. The largest absolute Gasteiger partial charge is 0.398 e. The molecule has 0 radical (unpaired) electrons. The van der Waals surface area contributed by atoms with Crippen LogP contribution in [-0.4, -0.2) is 34.7 Å². The topological polar surface area (TPSA) is 62.4 Å². The van der Waals surface area contributed by atoms with E-state index in [1.807, 2.05) is 24.4 Å². The molecule has 1 saturated heterocycles. The summed E-state index contributed by atoms with van der Waals surface area (Å²) in [6.45, 7) is 3.38. The molecule has 2 aromatic rings. The highest BCUT2D eigenvalue weighted by Crippen LogP contribution is 2.26. The molecule has 3 N–H and O–H groups in total. The fourth-order valence-corrected chi connectivity index (χ4v) is 3.10. The second kappa shape index (κ2) is 5.77. The summed E-state index contributed by atoms with van der Waals surface area (Å²) in [4.78, 5) is 6.94. The summed E-state index contributed by atoms with van der Waals surface area (Å²) in [6, 6.07) is 8.01. The van der Waals surface area contributed by atoms with E-state index in [4.69, 9.17) is 10.8 Å². The number of hydrogen-bond acceptors (Lipinski definition) is 4. The quantitative estimate of drug-likeness (QED) is 0.835. The van der Waals surface area contributed by atoms with Crippen LogP contribution >= 0.6 is 0 Å². The Hall–Kier alpha value is -1.65. The highest BCUT2D eigenvalue weighted by molar-refractivity contribution is 5.92. The number of anilines is 1. The fourth-order valence-electron chi connectivity index (χ4n) is 3.10. The van der Waals surface area contributed by atoms with Gasteiger partial charge in [0.15, 0.2) is 0 Å². The third-order valence-electron chi connectivity index (χ3n) is 4.19. The van der Waals surface area contributed by atoms with Gasteiger partial charge in [-0.2, -0.15) is 0 Å². The van der Waals surface area contributed by atoms with Crippen molar-refractivity contribution in [2.24, 2.45) is 5.92 Å². The molecule has 4 heteroatoms. The Morgan fingerprint density at radius 2 is 2.25 bits per heavy atom. The molecule has 1 aromatic heterocycles. The van der Waals surface area contributed by atoms with Crippen molar-refractivity contribution in [3.05, 3.63) is 36.0 Å². The van der Waals surface area contributed by atoms with Crippen LogP contribution in [0.1, 0.15) is 18.4 Å². The van der Waals surface area contributed by atoms with Crippen molar-refractivity contribution in [2.75, 3.05) is 25.4 Å². The molecule has 2 heterocycles. The number of hydrogen-bond donors (Lipinski definition) is 2. The second-order valence-corrected chi connectivity index (χ2v) is 5.62. The maximum atomic E-state index is 9.03. The monoisotopic (exact) mass is 271 g/mol. The second-order valence-electron chi connectivity index (χ2n) is 5.62. The van der Waals surface area contributed by atoms with Crippen LogP contribution in [0, 0.1) is 5.92 Å². The van der Waals surface area contributed by atoms with E-state index in [1.54, 1.807) is 0 Å². The molecule has 1 unspecified atom stereocenters. The highest BCUT2D eigenvalue weighted by Gasteiger charge is 2.22. The van der Waals surface area contributed by atoms with E-state index < -0.39 is 0 Å². The van der Waals surface area contributed by atoms with E-state index in [2.05, 4.69) is 16.0 Å². The SMILES string of the molecule is Nc1ccc(CN2CCC(CCO)C2)c2ncccc12. The predicted molar refractivity (Wildman–Crippen MR) is 81.2 cm³/mol. The van der Waals surface area contributed by atoms with Crippen molar-refractivity contribution in [3.8, 4) is 0 Å². The molecule has 0 aliphatic carbocycles. The van der Waals surface area contributed by atoms with Gasteiger partial charge in [-0.3, -0.25) is 9.88 Å². The lowest BCUT2D eigenvalue weighted by molar-refractivity contribution is 0.249. The Bertz CT molecular complexity index is 599. The van der Waals surface area contributed by atoms with Crippen LogP contribution < -0.4 is 5.73 Å². The van der Waals surface area contributed by atoms with Gasteiger partial charge in [0.05, 0.1) is 5.52 Å². The molecule has 1 fully saturated rings. The standard InChI is InChI=1S/C16H21N3O/c17-15-4-3-13(16-14(15)2-1-7-18-16)11-19-8-5-12(10-19)6-9-20/h1-4,7,12,20H,5-6,8-11,17H2. The molecule has 1 aliphatic rings. The number of aliphatic hydroxyl groups is 1. The number of aliphatic hydroxyl groups excluding tert-OH is 1. The van der Waals surface area contributed by atoms with Crippen molar-refractivity contribution in [2.45, 2.75) is 19.4 Å². The molecule has 1 aliphatic heterocycles. The smallest absolute Gasteiger partial charge is 0.0767 e. The molecule has 3 rings (SSSR count). The summed E-state index contributed by atoms with van der Waals surface area (Å²) in [5.74, 6) is 0.632. The predicted octanol–water partition coefficient (Wildman–Crippen LogP) is 2.02. The minimum atomic E-state index is 0.296. The lowest BCUT2D eigenvalue weighted by Crippen LogP contribution is -2.20. The summed E-state index contributed by atoms with van der Waals surface area (Å²) in [7, 11) is 0. The van der Waals surface area contributed by atoms with Crippen LogP contribution in [0.3, 0.4) is 0 Å². The number of rotatable bonds is 4. The zero-order valence-corrected chi connectivity index (χ0v) is 11.6. The number of pyridine rings is 1. The minimum Gasteiger partial charge on any atom is -0.398 e. The first-order chi connectivity index (χ1) is 9.78. The maximum Gasteiger partial charge on any atom is 0.0767 e. The van der Waals surface area contributed by atoms with Crippen molar-refractivity contribution in [1.29, 1.82) is 0 Å². The molecular weight excluding hydrogens is 250 g/mol. The van der Waals surface area contributed by atoms with Gasteiger partial charge in [-0.25, -0.2) is 0 Å². The van der Waals surface area contributed by atoms with Gasteiger partial charge < -0.3 is 10.8 Å². The highest BCUT2D eigenvalue weighted by atomic mass is 16.3. The lowest BCUT2D eigenvalue weighted by Gasteiger charge is -2.17. The Morgan fingerprint density at radius 1 is 1.35 bits per heavy atom. The van der Waals surface area contributed by atoms with Crippen LogP contribution in [0.15, 0.2) is 30.5 Å². The van der Waals surface area contributed by atoms with E-state index in [0.29, 0.717) is 12.5 Å². The first-order valence-electron chi connectivity index (χ1n) is 7.23. The van der Waals surface area contributed by atoms with E-state index in [0.717, 1.165) is 42.6 Å². The summed E-state index contributed by atoms with van der Waals surface area (Å²) >= 11 is 0. The minimum absolute atomic E-state index is 0.296. The lowest BCUT2D eigenvalue weighted by atomic mass is 10.1. The van der Waals surface area contributed by atoms with Crippen LogP contribution in [0.5, 0.6) is 0 Å². The number of nitrogens with two attached hydrogens (primary N) is 1. The Labute approximate surface area is 119 Å². The van der Waals surface area contributed by atoms with Crippen LogP contribution in [0.4, 0.5) is 5.69 Å². The Kier molecular flexibility index (Phi) is 3.85. The van der Waals surface area contributed by atoms with Gasteiger partial charge in [0, 0.05) is 37.0 Å². The molecule has 0 saturated carbocycles. The molecule has 1 atom stereocenters. The Morgan fingerprint density at radius 3 is 3.10 bits per heavy atom. The third-order valence-corrected chi connectivity index (χ3v) is 4.19. The third kappa shape index (κ3) is 2.62. The summed E-state index contributed by atoms with van der Waals surface area (Å²) in [6.07, 6.45) is 3.92. The normalized spacial score (nSPS) is 19.8. The molecular formula is C16H21N3O.